The highest BCUT2D eigenvalue weighted by molar-refractivity contribution is 5.95. The van der Waals surface area contributed by atoms with Crippen LogP contribution < -0.4 is 4.90 Å². The van der Waals surface area contributed by atoms with Crippen molar-refractivity contribution in [1.82, 2.24) is 0 Å². The number of anilines is 1. The molecule has 82 valence electrons. The van der Waals surface area contributed by atoms with Crippen LogP contribution in [0, 0.1) is 17.1 Å². The fourth-order valence-corrected chi connectivity index (χ4v) is 1.89. The van der Waals surface area contributed by atoms with Crippen molar-refractivity contribution < 1.29 is 9.18 Å². The third kappa shape index (κ3) is 1.89. The second kappa shape index (κ2) is 4.31. The molecular weight excluding hydrogens is 207 g/mol. The van der Waals surface area contributed by atoms with Gasteiger partial charge in [-0.1, -0.05) is 0 Å². The molecule has 1 aromatic rings. The molecule has 0 spiro atoms. The maximum absolute atomic E-state index is 12.9. The first-order chi connectivity index (χ1) is 7.72. The second-order valence-electron chi connectivity index (χ2n) is 3.78. The van der Waals surface area contributed by atoms with Crippen LogP contribution in [-0.2, 0) is 4.79 Å². The minimum atomic E-state index is -0.454. The molecule has 2 rings (SSSR count). The summed E-state index contributed by atoms with van der Waals surface area (Å²) in [4.78, 5) is 13.2. The summed E-state index contributed by atoms with van der Waals surface area (Å²) in [5, 5.41) is 8.91. The van der Waals surface area contributed by atoms with E-state index in [4.69, 9.17) is 5.26 Å². The maximum atomic E-state index is 12.9. The van der Waals surface area contributed by atoms with E-state index in [0.29, 0.717) is 18.7 Å². The number of halogens is 1. The summed E-state index contributed by atoms with van der Waals surface area (Å²) in [6, 6.07) is 5.86. The van der Waals surface area contributed by atoms with Crippen molar-refractivity contribution >= 4 is 11.6 Å². The third-order valence-corrected chi connectivity index (χ3v) is 2.69. The zero-order valence-corrected chi connectivity index (χ0v) is 8.74. The van der Waals surface area contributed by atoms with E-state index in [2.05, 4.69) is 0 Å². The maximum Gasteiger partial charge on any atom is 0.227 e. The van der Waals surface area contributed by atoms with E-state index in [0.717, 1.165) is 18.9 Å². The lowest BCUT2D eigenvalue weighted by Crippen LogP contribution is -2.35. The van der Waals surface area contributed by atoms with Gasteiger partial charge in [0.25, 0.3) is 0 Å². The van der Waals surface area contributed by atoms with Gasteiger partial charge in [0, 0.05) is 13.0 Å². The Kier molecular flexibility index (Phi) is 2.86. The largest absolute Gasteiger partial charge is 0.311 e. The summed E-state index contributed by atoms with van der Waals surface area (Å²) in [5.41, 5.74) is 0.740. The molecule has 0 unspecified atom stereocenters. The number of hydrogen-bond donors (Lipinski definition) is 0. The van der Waals surface area contributed by atoms with Gasteiger partial charge in [0.05, 0.1) is 11.3 Å². The number of carbonyl (C=O) groups is 1. The first-order valence-corrected chi connectivity index (χ1v) is 5.22. The van der Waals surface area contributed by atoms with E-state index in [1.807, 2.05) is 6.07 Å². The molecule has 1 saturated heterocycles. The van der Waals surface area contributed by atoms with Gasteiger partial charge in [0.2, 0.25) is 5.91 Å². The number of rotatable bonds is 1. The number of nitriles is 1. The highest BCUT2D eigenvalue weighted by atomic mass is 19.1. The molecule has 1 aromatic carbocycles. The number of nitrogens with zero attached hydrogens (tertiary/aromatic N) is 2. The fraction of sp³-hybridized carbons (Fsp3) is 0.333. The van der Waals surface area contributed by atoms with E-state index in [9.17, 15) is 9.18 Å². The Morgan fingerprint density at radius 3 is 2.88 bits per heavy atom. The lowest BCUT2D eigenvalue weighted by molar-refractivity contribution is -0.119. The number of amides is 1. The van der Waals surface area contributed by atoms with Crippen LogP contribution in [0.4, 0.5) is 10.1 Å². The Bertz CT molecular complexity index is 465. The molecule has 0 aliphatic carbocycles. The molecule has 1 aliphatic rings. The Balaban J connectivity index is 2.39. The van der Waals surface area contributed by atoms with Crippen LogP contribution in [0.2, 0.25) is 0 Å². The number of piperidine rings is 1. The summed E-state index contributed by atoms with van der Waals surface area (Å²) in [6.07, 6.45) is 2.31. The van der Waals surface area contributed by atoms with Crippen LogP contribution in [0.3, 0.4) is 0 Å². The molecule has 0 saturated carbocycles. The molecule has 0 bridgehead atoms. The number of benzene rings is 1. The SMILES string of the molecule is N#Cc1cc(F)ccc1N1CCCCC1=O. The van der Waals surface area contributed by atoms with Crippen LogP contribution in [0.25, 0.3) is 0 Å². The van der Waals surface area contributed by atoms with Gasteiger partial charge in [0.15, 0.2) is 0 Å². The lowest BCUT2D eigenvalue weighted by Gasteiger charge is -2.27. The molecule has 1 amide bonds. The van der Waals surface area contributed by atoms with E-state index in [1.165, 1.54) is 12.1 Å². The third-order valence-electron chi connectivity index (χ3n) is 2.69. The van der Waals surface area contributed by atoms with Crippen LogP contribution >= 0.6 is 0 Å². The first kappa shape index (κ1) is 10.6. The molecule has 3 nitrogen and oxygen atoms in total. The minimum Gasteiger partial charge on any atom is -0.311 e. The molecule has 1 fully saturated rings. The van der Waals surface area contributed by atoms with E-state index in [-0.39, 0.29) is 11.5 Å². The van der Waals surface area contributed by atoms with E-state index in [1.54, 1.807) is 4.90 Å². The van der Waals surface area contributed by atoms with E-state index < -0.39 is 5.82 Å². The van der Waals surface area contributed by atoms with Gasteiger partial charge in [-0.3, -0.25) is 4.79 Å². The summed E-state index contributed by atoms with van der Waals surface area (Å²) in [5.74, 6) is -0.445. The van der Waals surface area contributed by atoms with Crippen molar-refractivity contribution in [3.63, 3.8) is 0 Å². The van der Waals surface area contributed by atoms with Crippen molar-refractivity contribution in [1.29, 1.82) is 5.26 Å². The lowest BCUT2D eigenvalue weighted by atomic mass is 10.1. The Hall–Kier alpha value is -1.89. The normalized spacial score (nSPS) is 16.0. The van der Waals surface area contributed by atoms with Gasteiger partial charge >= 0.3 is 0 Å². The van der Waals surface area contributed by atoms with Crippen LogP contribution in [0.1, 0.15) is 24.8 Å². The predicted octanol–water partition coefficient (Wildman–Crippen LogP) is 2.21. The van der Waals surface area contributed by atoms with Gasteiger partial charge in [-0.25, -0.2) is 4.39 Å². The average Bonchev–Trinajstić information content (AvgIpc) is 2.30. The zero-order valence-electron chi connectivity index (χ0n) is 8.74. The van der Waals surface area contributed by atoms with Crippen LogP contribution in [-0.4, -0.2) is 12.5 Å². The fourth-order valence-electron chi connectivity index (χ4n) is 1.89. The molecule has 1 aliphatic heterocycles. The molecule has 0 N–H and O–H groups in total. The van der Waals surface area contributed by atoms with Crippen LogP contribution in [0.15, 0.2) is 18.2 Å². The summed E-state index contributed by atoms with van der Waals surface area (Å²) < 4.78 is 12.9. The van der Waals surface area contributed by atoms with Gasteiger partial charge < -0.3 is 4.90 Å². The van der Waals surface area contributed by atoms with Crippen LogP contribution in [0.5, 0.6) is 0 Å². The summed E-state index contributed by atoms with van der Waals surface area (Å²) in [6.45, 7) is 0.610. The Morgan fingerprint density at radius 1 is 1.38 bits per heavy atom. The smallest absolute Gasteiger partial charge is 0.227 e. The first-order valence-electron chi connectivity index (χ1n) is 5.22. The molecule has 0 atom stereocenters. The predicted molar refractivity (Wildman–Crippen MR) is 57.3 cm³/mol. The summed E-state index contributed by atoms with van der Waals surface area (Å²) >= 11 is 0. The highest BCUT2D eigenvalue weighted by Crippen LogP contribution is 2.25. The highest BCUT2D eigenvalue weighted by Gasteiger charge is 2.21. The van der Waals surface area contributed by atoms with Gasteiger partial charge in [-0.2, -0.15) is 5.26 Å². The Morgan fingerprint density at radius 2 is 2.19 bits per heavy atom. The molecule has 16 heavy (non-hydrogen) atoms. The van der Waals surface area contributed by atoms with Crippen molar-refractivity contribution in [2.75, 3.05) is 11.4 Å². The van der Waals surface area contributed by atoms with Gasteiger partial charge in [-0.05, 0) is 31.0 Å². The monoisotopic (exact) mass is 218 g/mol. The molecule has 1 heterocycles. The van der Waals surface area contributed by atoms with Crippen molar-refractivity contribution in [3.05, 3.63) is 29.6 Å². The number of hydrogen-bond acceptors (Lipinski definition) is 2. The molecule has 0 aromatic heterocycles. The quantitative estimate of drug-likeness (QED) is 0.725. The van der Waals surface area contributed by atoms with Crippen molar-refractivity contribution in [2.45, 2.75) is 19.3 Å². The number of carbonyl (C=O) groups excluding carboxylic acids is 1. The van der Waals surface area contributed by atoms with E-state index >= 15 is 0 Å². The van der Waals surface area contributed by atoms with Crippen molar-refractivity contribution in [2.24, 2.45) is 0 Å². The molecule has 0 radical (unpaired) electrons. The topological polar surface area (TPSA) is 44.1 Å². The average molecular weight is 218 g/mol. The van der Waals surface area contributed by atoms with Gasteiger partial charge in [-0.15, -0.1) is 0 Å². The van der Waals surface area contributed by atoms with Gasteiger partial charge in [0.1, 0.15) is 11.9 Å². The summed E-state index contributed by atoms with van der Waals surface area (Å²) in [7, 11) is 0. The minimum absolute atomic E-state index is 0.00866. The standard InChI is InChI=1S/C12H11FN2O/c13-10-4-5-11(9(7-10)8-14)15-6-2-1-3-12(15)16/h4-5,7H,1-3,6H2. The zero-order chi connectivity index (χ0) is 11.5. The van der Waals surface area contributed by atoms with Crippen molar-refractivity contribution in [3.8, 4) is 6.07 Å². The second-order valence-corrected chi connectivity index (χ2v) is 3.78. The molecule has 4 heteroatoms. The Labute approximate surface area is 93.1 Å². The molecular formula is C12H11FN2O.